The summed E-state index contributed by atoms with van der Waals surface area (Å²) in [5, 5.41) is 3.97. The number of hydrogen-bond donors (Lipinski definition) is 1. The SMILES string of the molecule is CC(C)C[C@@H](N)c1ncnn1C. The van der Waals surface area contributed by atoms with E-state index < -0.39 is 0 Å². The molecule has 4 heteroatoms. The Morgan fingerprint density at radius 1 is 1.58 bits per heavy atom. The lowest BCUT2D eigenvalue weighted by molar-refractivity contribution is 0.477. The molecule has 1 aromatic rings. The van der Waals surface area contributed by atoms with E-state index >= 15 is 0 Å². The highest BCUT2D eigenvalue weighted by Gasteiger charge is 2.12. The lowest BCUT2D eigenvalue weighted by Crippen LogP contribution is -2.17. The van der Waals surface area contributed by atoms with Gasteiger partial charge in [0.25, 0.3) is 0 Å². The van der Waals surface area contributed by atoms with Crippen molar-refractivity contribution in [1.29, 1.82) is 0 Å². The van der Waals surface area contributed by atoms with Crippen molar-refractivity contribution < 1.29 is 0 Å². The molecule has 0 saturated carbocycles. The van der Waals surface area contributed by atoms with Crippen LogP contribution in [0.1, 0.15) is 32.1 Å². The van der Waals surface area contributed by atoms with Crippen LogP contribution in [0.4, 0.5) is 0 Å². The Morgan fingerprint density at radius 2 is 2.25 bits per heavy atom. The molecule has 0 spiro atoms. The maximum absolute atomic E-state index is 5.92. The molecule has 0 aliphatic rings. The van der Waals surface area contributed by atoms with Crippen molar-refractivity contribution in [3.63, 3.8) is 0 Å². The van der Waals surface area contributed by atoms with E-state index in [4.69, 9.17) is 5.73 Å². The van der Waals surface area contributed by atoms with Gasteiger partial charge < -0.3 is 5.73 Å². The quantitative estimate of drug-likeness (QED) is 0.728. The van der Waals surface area contributed by atoms with Crippen molar-refractivity contribution >= 4 is 0 Å². The number of rotatable bonds is 3. The second-order valence-electron chi connectivity index (χ2n) is 3.48. The fourth-order valence-corrected chi connectivity index (χ4v) is 1.25. The summed E-state index contributed by atoms with van der Waals surface area (Å²) in [7, 11) is 1.86. The number of hydrogen-bond acceptors (Lipinski definition) is 3. The molecule has 0 bridgehead atoms. The second-order valence-corrected chi connectivity index (χ2v) is 3.48. The highest BCUT2D eigenvalue weighted by atomic mass is 15.3. The van der Waals surface area contributed by atoms with Gasteiger partial charge >= 0.3 is 0 Å². The number of aryl methyl sites for hydroxylation is 1. The maximum Gasteiger partial charge on any atom is 0.143 e. The minimum atomic E-state index is 0.0116. The normalized spacial score (nSPS) is 13.8. The summed E-state index contributed by atoms with van der Waals surface area (Å²) in [5.41, 5.74) is 5.92. The Morgan fingerprint density at radius 3 is 2.67 bits per heavy atom. The molecular weight excluding hydrogens is 152 g/mol. The predicted octanol–water partition coefficient (Wildman–Crippen LogP) is 0.861. The average molecular weight is 168 g/mol. The minimum absolute atomic E-state index is 0.0116. The number of nitrogens with two attached hydrogens (primary N) is 1. The molecule has 1 atom stereocenters. The fraction of sp³-hybridized carbons (Fsp3) is 0.750. The molecule has 0 unspecified atom stereocenters. The topological polar surface area (TPSA) is 56.7 Å². The third kappa shape index (κ3) is 2.04. The van der Waals surface area contributed by atoms with Gasteiger partial charge in [-0.3, -0.25) is 4.68 Å². The Hall–Kier alpha value is -0.900. The molecular formula is C8H16N4. The molecule has 0 fully saturated rings. The van der Waals surface area contributed by atoms with E-state index in [9.17, 15) is 0 Å². The summed E-state index contributed by atoms with van der Waals surface area (Å²) >= 11 is 0. The smallest absolute Gasteiger partial charge is 0.143 e. The van der Waals surface area contributed by atoms with Crippen molar-refractivity contribution in [3.8, 4) is 0 Å². The molecule has 1 heterocycles. The largest absolute Gasteiger partial charge is 0.321 e. The van der Waals surface area contributed by atoms with Crippen LogP contribution in [0.5, 0.6) is 0 Å². The summed E-state index contributed by atoms with van der Waals surface area (Å²) < 4.78 is 1.73. The lowest BCUT2D eigenvalue weighted by Gasteiger charge is -2.12. The molecule has 0 aromatic carbocycles. The molecule has 0 amide bonds. The van der Waals surface area contributed by atoms with Gasteiger partial charge in [-0.15, -0.1) is 0 Å². The van der Waals surface area contributed by atoms with Crippen molar-refractivity contribution in [1.82, 2.24) is 14.8 Å². The Bertz CT molecular complexity index is 241. The van der Waals surface area contributed by atoms with Gasteiger partial charge in [0.2, 0.25) is 0 Å². The molecule has 12 heavy (non-hydrogen) atoms. The second kappa shape index (κ2) is 3.67. The van der Waals surface area contributed by atoms with E-state index in [1.54, 1.807) is 4.68 Å². The molecule has 1 aromatic heterocycles. The number of aromatic nitrogens is 3. The first kappa shape index (κ1) is 9.19. The third-order valence-electron chi connectivity index (χ3n) is 1.80. The van der Waals surface area contributed by atoms with Crippen LogP contribution in [0, 0.1) is 5.92 Å². The van der Waals surface area contributed by atoms with Crippen LogP contribution in [0.2, 0.25) is 0 Å². The van der Waals surface area contributed by atoms with Crippen LogP contribution in [0.3, 0.4) is 0 Å². The van der Waals surface area contributed by atoms with E-state index in [1.807, 2.05) is 7.05 Å². The van der Waals surface area contributed by atoms with Gasteiger partial charge in [-0.05, 0) is 12.3 Å². The van der Waals surface area contributed by atoms with Gasteiger partial charge in [0.05, 0.1) is 6.04 Å². The molecule has 1 rings (SSSR count). The van der Waals surface area contributed by atoms with Crippen molar-refractivity contribution in [3.05, 3.63) is 12.2 Å². The van der Waals surface area contributed by atoms with Crippen LogP contribution < -0.4 is 5.73 Å². The van der Waals surface area contributed by atoms with E-state index in [1.165, 1.54) is 6.33 Å². The van der Waals surface area contributed by atoms with Gasteiger partial charge in [-0.25, -0.2) is 4.98 Å². The van der Waals surface area contributed by atoms with Gasteiger partial charge in [0.15, 0.2) is 0 Å². The molecule has 2 N–H and O–H groups in total. The van der Waals surface area contributed by atoms with Crippen molar-refractivity contribution in [2.24, 2.45) is 18.7 Å². The molecule has 0 radical (unpaired) electrons. The van der Waals surface area contributed by atoms with Crippen LogP contribution in [0.15, 0.2) is 6.33 Å². The molecule has 0 aliphatic carbocycles. The molecule has 68 valence electrons. The first-order chi connectivity index (χ1) is 5.61. The Labute approximate surface area is 72.8 Å². The Kier molecular flexibility index (Phi) is 2.81. The summed E-state index contributed by atoms with van der Waals surface area (Å²) in [4.78, 5) is 4.10. The van der Waals surface area contributed by atoms with E-state index in [2.05, 4.69) is 23.9 Å². The fourth-order valence-electron chi connectivity index (χ4n) is 1.25. The monoisotopic (exact) mass is 168 g/mol. The van der Waals surface area contributed by atoms with Crippen LogP contribution in [-0.4, -0.2) is 14.8 Å². The lowest BCUT2D eigenvalue weighted by atomic mass is 10.0. The van der Waals surface area contributed by atoms with E-state index in [-0.39, 0.29) is 6.04 Å². The highest BCUT2D eigenvalue weighted by Crippen LogP contribution is 2.15. The standard InChI is InChI=1S/C8H16N4/c1-6(2)4-7(9)8-10-5-11-12(8)3/h5-7H,4,9H2,1-3H3/t7-/m1/s1. The van der Waals surface area contributed by atoms with Gasteiger partial charge in [-0.1, -0.05) is 13.8 Å². The third-order valence-corrected chi connectivity index (χ3v) is 1.80. The molecule has 0 aliphatic heterocycles. The van der Waals surface area contributed by atoms with Crippen LogP contribution >= 0.6 is 0 Å². The van der Waals surface area contributed by atoms with Crippen LogP contribution in [-0.2, 0) is 7.05 Å². The minimum Gasteiger partial charge on any atom is -0.321 e. The van der Waals surface area contributed by atoms with E-state index in [0.717, 1.165) is 12.2 Å². The van der Waals surface area contributed by atoms with Gasteiger partial charge in [0, 0.05) is 7.05 Å². The zero-order chi connectivity index (χ0) is 9.14. The summed E-state index contributed by atoms with van der Waals surface area (Å²) in [6.45, 7) is 4.30. The first-order valence-corrected chi connectivity index (χ1v) is 4.20. The summed E-state index contributed by atoms with van der Waals surface area (Å²) in [6, 6.07) is 0.0116. The Balaban J connectivity index is 2.65. The summed E-state index contributed by atoms with van der Waals surface area (Å²) in [6.07, 6.45) is 2.49. The van der Waals surface area contributed by atoms with Crippen molar-refractivity contribution in [2.45, 2.75) is 26.3 Å². The zero-order valence-corrected chi connectivity index (χ0v) is 7.86. The van der Waals surface area contributed by atoms with E-state index in [0.29, 0.717) is 5.92 Å². The van der Waals surface area contributed by atoms with Gasteiger partial charge in [-0.2, -0.15) is 5.10 Å². The van der Waals surface area contributed by atoms with Gasteiger partial charge in [0.1, 0.15) is 12.2 Å². The number of nitrogens with zero attached hydrogens (tertiary/aromatic N) is 3. The average Bonchev–Trinajstić information content (AvgIpc) is 2.33. The summed E-state index contributed by atoms with van der Waals surface area (Å²) in [5.74, 6) is 1.46. The van der Waals surface area contributed by atoms with Crippen LogP contribution in [0.25, 0.3) is 0 Å². The van der Waals surface area contributed by atoms with Crippen molar-refractivity contribution in [2.75, 3.05) is 0 Å². The maximum atomic E-state index is 5.92. The molecule has 0 saturated heterocycles. The highest BCUT2D eigenvalue weighted by molar-refractivity contribution is 4.91. The zero-order valence-electron chi connectivity index (χ0n) is 7.86. The molecule has 4 nitrogen and oxygen atoms in total. The predicted molar refractivity (Wildman–Crippen MR) is 47.4 cm³/mol. The first-order valence-electron chi connectivity index (χ1n) is 4.20.